The average Bonchev–Trinajstić information content (AvgIpc) is 2.76. The number of aromatic nitrogens is 1. The van der Waals surface area contributed by atoms with Crippen molar-refractivity contribution in [2.45, 2.75) is 46.4 Å². The van der Waals surface area contributed by atoms with Crippen LogP contribution in [0.1, 0.15) is 37.5 Å². The van der Waals surface area contributed by atoms with Crippen LogP contribution in [0.4, 0.5) is 22.0 Å². The summed E-state index contributed by atoms with van der Waals surface area (Å²) in [4.78, 5) is 18.8. The molecule has 0 aliphatic heterocycles. The monoisotopic (exact) mass is 467 g/mol. The lowest BCUT2D eigenvalue weighted by Crippen LogP contribution is -2.36. The van der Waals surface area contributed by atoms with Crippen molar-refractivity contribution in [1.82, 2.24) is 10.4 Å². The Bertz CT molecular complexity index is 1040. The fourth-order valence-electron chi connectivity index (χ4n) is 3.29. The average molecular weight is 468 g/mol. The number of carbonyl (C=O) groups is 1. The van der Waals surface area contributed by atoms with Crippen LogP contribution in [0.3, 0.4) is 0 Å². The second-order valence-electron chi connectivity index (χ2n) is 8.72. The highest BCUT2D eigenvalue weighted by Gasteiger charge is 2.21. The molecule has 1 amide bonds. The predicted octanol–water partition coefficient (Wildman–Crippen LogP) is 5.68. The molecule has 2 aromatic carbocycles. The van der Waals surface area contributed by atoms with Gasteiger partial charge in [-0.05, 0) is 38.8 Å². The summed E-state index contributed by atoms with van der Waals surface area (Å²) in [6.07, 6.45) is -0.624. The van der Waals surface area contributed by atoms with Crippen molar-refractivity contribution < 1.29 is 9.53 Å². The number of benzene rings is 2. The molecular weight excluding hydrogens is 438 g/mol. The van der Waals surface area contributed by atoms with E-state index in [1.54, 1.807) is 27.7 Å². The van der Waals surface area contributed by atoms with Crippen molar-refractivity contribution in [3.05, 3.63) is 82.5 Å². The van der Waals surface area contributed by atoms with Crippen LogP contribution in [0.25, 0.3) is 0 Å². The van der Waals surface area contributed by atoms with Gasteiger partial charge < -0.3 is 15.4 Å². The molecular formula is C25H30ClN5O2. The molecule has 3 rings (SSSR count). The summed E-state index contributed by atoms with van der Waals surface area (Å²) < 4.78 is 5.29. The first-order valence-electron chi connectivity index (χ1n) is 10.7. The summed E-state index contributed by atoms with van der Waals surface area (Å²) in [5.41, 5.74) is 15.0. The molecule has 4 N–H and O–H groups in total. The lowest BCUT2D eigenvalue weighted by molar-refractivity contribution is 0.0541. The topological polar surface area (TPSA) is 92.5 Å². The van der Waals surface area contributed by atoms with Crippen LogP contribution >= 0.6 is 11.6 Å². The van der Waals surface area contributed by atoms with Gasteiger partial charge in [0.1, 0.15) is 16.4 Å². The number of nitrogens with zero attached hydrogens (tertiary/aromatic N) is 2. The molecule has 1 aromatic heterocycles. The number of nitrogens with two attached hydrogens (primary N) is 1. The maximum absolute atomic E-state index is 12.1. The van der Waals surface area contributed by atoms with Gasteiger partial charge in [0.15, 0.2) is 5.82 Å². The van der Waals surface area contributed by atoms with Crippen molar-refractivity contribution >= 4 is 34.9 Å². The molecule has 174 valence electrons. The Hall–Kier alpha value is -3.45. The fourth-order valence-corrected chi connectivity index (χ4v) is 3.46. The molecule has 33 heavy (non-hydrogen) atoms. The molecule has 0 fully saturated rings. The van der Waals surface area contributed by atoms with Gasteiger partial charge >= 0.3 is 6.09 Å². The lowest BCUT2D eigenvalue weighted by Gasteiger charge is -2.28. The Labute approximate surface area is 199 Å². The van der Waals surface area contributed by atoms with Gasteiger partial charge in [-0.1, -0.05) is 72.3 Å². The molecule has 8 heteroatoms. The zero-order valence-corrected chi connectivity index (χ0v) is 20.1. The molecule has 1 heterocycles. The molecule has 0 spiro atoms. The van der Waals surface area contributed by atoms with Gasteiger partial charge in [-0.15, -0.1) is 0 Å². The first kappa shape index (κ1) is 24.2. The number of halogens is 1. The summed E-state index contributed by atoms with van der Waals surface area (Å²) >= 11 is 6.49. The van der Waals surface area contributed by atoms with E-state index in [4.69, 9.17) is 22.1 Å². The van der Waals surface area contributed by atoms with E-state index in [0.29, 0.717) is 41.0 Å². The van der Waals surface area contributed by atoms with E-state index >= 15 is 0 Å². The third-order valence-corrected chi connectivity index (χ3v) is 5.19. The second-order valence-corrected chi connectivity index (χ2v) is 9.08. The molecule has 0 aliphatic rings. The number of hydrazine groups is 1. The third-order valence-electron chi connectivity index (χ3n) is 4.82. The van der Waals surface area contributed by atoms with Gasteiger partial charge in [-0.3, -0.25) is 5.43 Å². The van der Waals surface area contributed by atoms with Crippen LogP contribution < -0.4 is 21.5 Å². The lowest BCUT2D eigenvalue weighted by atomic mass is 10.1. The normalized spacial score (nSPS) is 11.1. The number of rotatable bonds is 7. The number of ether oxygens (including phenoxy) is 1. The number of hydrogen-bond donors (Lipinski definition) is 3. The quantitative estimate of drug-likeness (QED) is 0.305. The Morgan fingerprint density at radius 2 is 1.55 bits per heavy atom. The zero-order chi connectivity index (χ0) is 24.0. The van der Waals surface area contributed by atoms with Crippen molar-refractivity contribution in [3.63, 3.8) is 0 Å². The molecule has 0 atom stereocenters. The molecule has 0 saturated carbocycles. The molecule has 0 radical (unpaired) electrons. The van der Waals surface area contributed by atoms with Crippen LogP contribution in [0.5, 0.6) is 0 Å². The Kier molecular flexibility index (Phi) is 7.66. The van der Waals surface area contributed by atoms with Crippen LogP contribution in [-0.2, 0) is 17.8 Å². The van der Waals surface area contributed by atoms with Crippen LogP contribution in [0.15, 0.2) is 60.7 Å². The van der Waals surface area contributed by atoms with E-state index in [0.717, 1.165) is 11.1 Å². The number of anilines is 3. The molecule has 0 saturated heterocycles. The van der Waals surface area contributed by atoms with Gasteiger partial charge in [-0.25, -0.2) is 15.2 Å². The van der Waals surface area contributed by atoms with Gasteiger partial charge in [0, 0.05) is 18.7 Å². The minimum atomic E-state index is -0.629. The number of pyridine rings is 1. The Morgan fingerprint density at radius 3 is 2.03 bits per heavy atom. The maximum atomic E-state index is 12.1. The largest absolute Gasteiger partial charge is 0.443 e. The number of nitrogens with one attached hydrogen (secondary N) is 2. The number of hydrogen-bond acceptors (Lipinski definition) is 6. The first-order chi connectivity index (χ1) is 15.6. The second kappa shape index (κ2) is 10.4. The van der Waals surface area contributed by atoms with Crippen LogP contribution in [-0.4, -0.2) is 16.7 Å². The smallest absolute Gasteiger partial charge is 0.426 e. The zero-order valence-electron chi connectivity index (χ0n) is 19.4. The Morgan fingerprint density at radius 1 is 1.03 bits per heavy atom. The summed E-state index contributed by atoms with van der Waals surface area (Å²) in [5.74, 6) is 0.520. The van der Waals surface area contributed by atoms with E-state index in [1.165, 1.54) is 0 Å². The van der Waals surface area contributed by atoms with Crippen molar-refractivity contribution in [3.8, 4) is 0 Å². The SMILES string of the molecule is Cc1c(Cl)nc(N(Cc2ccccc2)Cc2ccccc2)c(N)c1NNC(=O)OC(C)(C)C. The summed E-state index contributed by atoms with van der Waals surface area (Å²) in [6, 6.07) is 20.1. The van der Waals surface area contributed by atoms with E-state index in [1.807, 2.05) is 60.7 Å². The minimum Gasteiger partial charge on any atom is -0.443 e. The molecule has 3 aromatic rings. The van der Waals surface area contributed by atoms with E-state index in [9.17, 15) is 4.79 Å². The number of carbonyl (C=O) groups excluding carboxylic acids is 1. The highest BCUT2D eigenvalue weighted by atomic mass is 35.5. The highest BCUT2D eigenvalue weighted by Crippen LogP contribution is 2.36. The standard InChI is InChI=1S/C25H30ClN5O2/c1-17-21(29-30-24(32)33-25(2,3)4)20(27)23(28-22(17)26)31(15-18-11-7-5-8-12-18)16-19-13-9-6-10-14-19/h5-14H,15-16,27H2,1-4H3,(H,28,29)(H,30,32). The summed E-state index contributed by atoms with van der Waals surface area (Å²) in [7, 11) is 0. The highest BCUT2D eigenvalue weighted by molar-refractivity contribution is 6.31. The maximum Gasteiger partial charge on any atom is 0.426 e. The first-order valence-corrected chi connectivity index (χ1v) is 11.0. The molecule has 0 aliphatic carbocycles. The van der Waals surface area contributed by atoms with Crippen molar-refractivity contribution in [2.75, 3.05) is 16.1 Å². The third kappa shape index (κ3) is 6.76. The minimum absolute atomic E-state index is 0.291. The van der Waals surface area contributed by atoms with E-state index in [-0.39, 0.29) is 0 Å². The number of amides is 1. The molecule has 7 nitrogen and oxygen atoms in total. The molecule has 0 bridgehead atoms. The number of nitrogen functional groups attached to an aromatic ring is 1. The van der Waals surface area contributed by atoms with E-state index in [2.05, 4.69) is 20.7 Å². The predicted molar refractivity (Wildman–Crippen MR) is 134 cm³/mol. The van der Waals surface area contributed by atoms with Crippen LogP contribution in [0.2, 0.25) is 5.15 Å². The van der Waals surface area contributed by atoms with Crippen molar-refractivity contribution in [1.29, 1.82) is 0 Å². The fraction of sp³-hybridized carbons (Fsp3) is 0.280. The van der Waals surface area contributed by atoms with Gasteiger partial charge in [0.05, 0.1) is 5.69 Å². The van der Waals surface area contributed by atoms with Crippen molar-refractivity contribution in [2.24, 2.45) is 0 Å². The molecule has 0 unspecified atom stereocenters. The summed E-state index contributed by atoms with van der Waals surface area (Å²) in [6.45, 7) is 8.31. The van der Waals surface area contributed by atoms with Gasteiger partial charge in [0.2, 0.25) is 0 Å². The summed E-state index contributed by atoms with van der Waals surface area (Å²) in [5, 5.41) is 0.291. The van der Waals surface area contributed by atoms with Gasteiger partial charge in [0.25, 0.3) is 0 Å². The van der Waals surface area contributed by atoms with Gasteiger partial charge in [-0.2, -0.15) is 0 Å². The Balaban J connectivity index is 1.94. The van der Waals surface area contributed by atoms with E-state index < -0.39 is 11.7 Å². The van der Waals surface area contributed by atoms with Crippen LogP contribution in [0, 0.1) is 6.92 Å².